The zero-order chi connectivity index (χ0) is 13.3. The van der Waals surface area contributed by atoms with Gasteiger partial charge in [-0.25, -0.2) is 8.78 Å². The molecular weight excluding hydrogens is 256 g/mol. The van der Waals surface area contributed by atoms with E-state index in [1.165, 1.54) is 24.3 Å². The van der Waals surface area contributed by atoms with Crippen molar-refractivity contribution in [3.8, 4) is 0 Å². The number of nitrogens with two attached hydrogens (primary N) is 1. The van der Waals surface area contributed by atoms with Crippen molar-refractivity contribution in [1.82, 2.24) is 0 Å². The summed E-state index contributed by atoms with van der Waals surface area (Å²) < 4.78 is 26.9. The van der Waals surface area contributed by atoms with Crippen LogP contribution >= 0.6 is 11.6 Å². The first-order chi connectivity index (χ1) is 8.49. The molecule has 2 N–H and O–H groups in total. The fraction of sp³-hybridized carbons (Fsp3) is 0.143. The summed E-state index contributed by atoms with van der Waals surface area (Å²) in [6.07, 6.45) is 0. The van der Waals surface area contributed by atoms with Crippen molar-refractivity contribution < 1.29 is 8.78 Å². The van der Waals surface area contributed by atoms with E-state index >= 15 is 0 Å². The summed E-state index contributed by atoms with van der Waals surface area (Å²) >= 11 is 5.96. The lowest BCUT2D eigenvalue weighted by Crippen LogP contribution is -2.14. The second-order valence-corrected chi connectivity index (χ2v) is 4.58. The van der Waals surface area contributed by atoms with Crippen molar-refractivity contribution in [3.63, 3.8) is 0 Å². The molecule has 18 heavy (non-hydrogen) atoms. The van der Waals surface area contributed by atoms with Gasteiger partial charge in [-0.15, -0.1) is 0 Å². The molecule has 0 amide bonds. The first-order valence-electron chi connectivity index (χ1n) is 5.45. The number of hydrogen-bond acceptors (Lipinski definition) is 1. The molecule has 94 valence electrons. The molecule has 0 bridgehead atoms. The van der Waals surface area contributed by atoms with E-state index in [9.17, 15) is 8.78 Å². The van der Waals surface area contributed by atoms with Crippen LogP contribution < -0.4 is 5.73 Å². The molecule has 0 radical (unpaired) electrons. The highest BCUT2D eigenvalue weighted by Crippen LogP contribution is 2.29. The highest BCUT2D eigenvalue weighted by molar-refractivity contribution is 6.31. The molecule has 0 heterocycles. The number of rotatable bonds is 2. The Morgan fingerprint density at radius 3 is 2.50 bits per heavy atom. The molecule has 0 saturated heterocycles. The summed E-state index contributed by atoms with van der Waals surface area (Å²) in [6, 6.07) is 7.74. The third-order valence-corrected chi connectivity index (χ3v) is 3.12. The van der Waals surface area contributed by atoms with Crippen LogP contribution in [0.25, 0.3) is 0 Å². The summed E-state index contributed by atoms with van der Waals surface area (Å²) in [4.78, 5) is 0. The second-order valence-electron chi connectivity index (χ2n) is 4.17. The number of hydrogen-bond donors (Lipinski definition) is 1. The summed E-state index contributed by atoms with van der Waals surface area (Å²) in [5.74, 6) is -0.869. The zero-order valence-electron chi connectivity index (χ0n) is 9.75. The lowest BCUT2D eigenvalue weighted by molar-refractivity contribution is 0.595. The van der Waals surface area contributed by atoms with Gasteiger partial charge in [0, 0.05) is 10.6 Å². The van der Waals surface area contributed by atoms with Crippen molar-refractivity contribution in [2.24, 2.45) is 5.73 Å². The molecule has 1 atom stereocenters. The van der Waals surface area contributed by atoms with Crippen molar-refractivity contribution in [3.05, 3.63) is 69.7 Å². The van der Waals surface area contributed by atoms with Gasteiger partial charge in [0.05, 0.1) is 6.04 Å². The second kappa shape index (κ2) is 5.04. The average molecular weight is 268 g/mol. The van der Waals surface area contributed by atoms with Gasteiger partial charge in [0.15, 0.2) is 0 Å². The molecule has 0 saturated carbocycles. The fourth-order valence-electron chi connectivity index (χ4n) is 1.82. The number of benzene rings is 2. The predicted molar refractivity (Wildman–Crippen MR) is 68.6 cm³/mol. The molecule has 0 spiro atoms. The lowest BCUT2D eigenvalue weighted by atomic mass is 9.97. The standard InChI is InChI=1S/C14H12ClF2N/c1-8-2-5-13(17)11(6-8)14(18)10-7-9(16)3-4-12(10)15/h2-7,14H,18H2,1H3. The van der Waals surface area contributed by atoms with Crippen LogP contribution in [-0.4, -0.2) is 0 Å². The Labute approximate surface area is 109 Å². The van der Waals surface area contributed by atoms with E-state index in [0.717, 1.165) is 5.56 Å². The monoisotopic (exact) mass is 267 g/mol. The maximum atomic E-state index is 13.7. The minimum absolute atomic E-state index is 0.308. The van der Waals surface area contributed by atoms with Gasteiger partial charge in [-0.05, 0) is 36.8 Å². The molecule has 0 aliphatic rings. The predicted octanol–water partition coefficient (Wildman–Crippen LogP) is 3.97. The molecule has 0 aromatic heterocycles. The molecule has 1 nitrogen and oxygen atoms in total. The van der Waals surface area contributed by atoms with Gasteiger partial charge in [0.2, 0.25) is 0 Å². The normalized spacial score (nSPS) is 12.5. The number of aryl methyl sites for hydroxylation is 1. The first kappa shape index (κ1) is 13.0. The highest BCUT2D eigenvalue weighted by Gasteiger charge is 2.17. The molecular formula is C14H12ClF2N. The summed E-state index contributed by atoms with van der Waals surface area (Å²) in [7, 11) is 0. The fourth-order valence-corrected chi connectivity index (χ4v) is 2.06. The molecule has 1 unspecified atom stereocenters. The van der Waals surface area contributed by atoms with Crippen LogP contribution in [0.1, 0.15) is 22.7 Å². The van der Waals surface area contributed by atoms with Crippen molar-refractivity contribution in [2.75, 3.05) is 0 Å². The van der Waals surface area contributed by atoms with Gasteiger partial charge < -0.3 is 5.73 Å². The minimum Gasteiger partial charge on any atom is -0.320 e. The molecule has 0 fully saturated rings. The van der Waals surface area contributed by atoms with E-state index in [1.54, 1.807) is 12.1 Å². The molecule has 0 aliphatic heterocycles. The Morgan fingerprint density at radius 1 is 1.06 bits per heavy atom. The topological polar surface area (TPSA) is 26.0 Å². The Bertz CT molecular complexity index is 533. The Kier molecular flexibility index (Phi) is 3.64. The lowest BCUT2D eigenvalue weighted by Gasteiger charge is -2.15. The van der Waals surface area contributed by atoms with E-state index in [2.05, 4.69) is 0 Å². The van der Waals surface area contributed by atoms with Crippen LogP contribution in [0.4, 0.5) is 8.78 Å². The van der Waals surface area contributed by atoms with Gasteiger partial charge in [-0.1, -0.05) is 29.3 Å². The van der Waals surface area contributed by atoms with Crippen molar-refractivity contribution >= 4 is 11.6 Å². The van der Waals surface area contributed by atoms with Crippen molar-refractivity contribution in [1.29, 1.82) is 0 Å². The van der Waals surface area contributed by atoms with E-state index in [4.69, 9.17) is 17.3 Å². The van der Waals surface area contributed by atoms with Gasteiger partial charge in [0.1, 0.15) is 11.6 Å². The summed E-state index contributed by atoms with van der Waals surface area (Å²) in [5.41, 5.74) is 7.53. The van der Waals surface area contributed by atoms with Crippen LogP contribution in [0.2, 0.25) is 5.02 Å². The quantitative estimate of drug-likeness (QED) is 0.875. The van der Waals surface area contributed by atoms with E-state index in [1.807, 2.05) is 6.92 Å². The van der Waals surface area contributed by atoms with Crippen LogP contribution in [-0.2, 0) is 0 Å². The van der Waals surface area contributed by atoms with Gasteiger partial charge in [0.25, 0.3) is 0 Å². The minimum atomic E-state index is -0.784. The van der Waals surface area contributed by atoms with Gasteiger partial charge >= 0.3 is 0 Å². The van der Waals surface area contributed by atoms with Crippen LogP contribution in [0.15, 0.2) is 36.4 Å². The largest absolute Gasteiger partial charge is 0.320 e. The third kappa shape index (κ3) is 2.52. The first-order valence-corrected chi connectivity index (χ1v) is 5.83. The molecule has 4 heteroatoms. The Balaban J connectivity index is 2.50. The van der Waals surface area contributed by atoms with Crippen LogP contribution in [0.3, 0.4) is 0 Å². The van der Waals surface area contributed by atoms with Gasteiger partial charge in [-0.3, -0.25) is 0 Å². The SMILES string of the molecule is Cc1ccc(F)c(C(N)c2cc(F)ccc2Cl)c1. The summed E-state index contributed by atoms with van der Waals surface area (Å²) in [5, 5.41) is 0.324. The smallest absolute Gasteiger partial charge is 0.128 e. The van der Waals surface area contributed by atoms with Gasteiger partial charge in [-0.2, -0.15) is 0 Å². The highest BCUT2D eigenvalue weighted by atomic mass is 35.5. The van der Waals surface area contributed by atoms with E-state index < -0.39 is 17.7 Å². The average Bonchev–Trinajstić information content (AvgIpc) is 2.34. The summed E-state index contributed by atoms with van der Waals surface area (Å²) in [6.45, 7) is 1.84. The Hall–Kier alpha value is -1.45. The van der Waals surface area contributed by atoms with Crippen molar-refractivity contribution in [2.45, 2.75) is 13.0 Å². The van der Waals surface area contributed by atoms with E-state index in [-0.39, 0.29) is 0 Å². The Morgan fingerprint density at radius 2 is 1.78 bits per heavy atom. The van der Waals surface area contributed by atoms with Crippen LogP contribution in [0, 0.1) is 18.6 Å². The third-order valence-electron chi connectivity index (χ3n) is 2.78. The molecule has 2 rings (SSSR count). The number of halogens is 3. The molecule has 0 aliphatic carbocycles. The zero-order valence-corrected chi connectivity index (χ0v) is 10.5. The van der Waals surface area contributed by atoms with Crippen LogP contribution in [0.5, 0.6) is 0 Å². The molecule has 2 aromatic rings. The maximum absolute atomic E-state index is 13.7. The molecule has 2 aromatic carbocycles. The van der Waals surface area contributed by atoms with E-state index in [0.29, 0.717) is 16.1 Å². The maximum Gasteiger partial charge on any atom is 0.128 e.